The molecule has 28 heavy (non-hydrogen) atoms. The molecule has 5 rings (SSSR count). The maximum atomic E-state index is 12.8. The fraction of sp³-hybridized carbons (Fsp3) is 0.100. The lowest BCUT2D eigenvalue weighted by atomic mass is 10.00. The smallest absolute Gasteiger partial charge is 0.238 e. The van der Waals surface area contributed by atoms with Crippen molar-refractivity contribution >= 4 is 11.6 Å². The van der Waals surface area contributed by atoms with Crippen molar-refractivity contribution in [2.24, 2.45) is 0 Å². The molecule has 0 bridgehead atoms. The third-order valence-electron chi connectivity index (χ3n) is 4.50. The van der Waals surface area contributed by atoms with Gasteiger partial charge in [0.05, 0.1) is 13.1 Å². The number of rotatable bonds is 4. The van der Waals surface area contributed by atoms with Crippen LogP contribution in [0.5, 0.6) is 0 Å². The van der Waals surface area contributed by atoms with Crippen LogP contribution in [-0.4, -0.2) is 41.6 Å². The number of fused-ring (bicyclic) bond motifs is 2. The lowest BCUT2D eigenvalue weighted by Crippen LogP contribution is -2.20. The van der Waals surface area contributed by atoms with Gasteiger partial charge in [-0.25, -0.2) is 0 Å². The van der Waals surface area contributed by atoms with Crippen molar-refractivity contribution in [1.82, 2.24) is 30.0 Å². The third-order valence-corrected chi connectivity index (χ3v) is 4.50. The molecule has 0 radical (unpaired) electrons. The van der Waals surface area contributed by atoms with Gasteiger partial charge >= 0.3 is 0 Å². The number of hydrogen-bond acceptors (Lipinski definition) is 6. The number of aromatic nitrogens is 6. The van der Waals surface area contributed by atoms with Gasteiger partial charge in [0.25, 0.3) is 0 Å². The van der Waals surface area contributed by atoms with E-state index in [1.54, 1.807) is 0 Å². The van der Waals surface area contributed by atoms with Crippen LogP contribution in [0.25, 0.3) is 0 Å². The Kier molecular flexibility index (Phi) is 3.68. The van der Waals surface area contributed by atoms with Crippen molar-refractivity contribution < 1.29 is 9.59 Å². The molecule has 2 heterocycles. The number of ketones is 2. The molecule has 0 unspecified atom stereocenters. The van der Waals surface area contributed by atoms with E-state index in [4.69, 9.17) is 0 Å². The Morgan fingerprint density at radius 3 is 1.18 bits per heavy atom. The first-order valence-electron chi connectivity index (χ1n) is 8.76. The molecular weight excluding hydrogens is 356 g/mol. The van der Waals surface area contributed by atoms with Gasteiger partial charge in [-0.1, -0.05) is 60.7 Å². The van der Waals surface area contributed by atoms with Gasteiger partial charge in [0.1, 0.15) is 0 Å². The van der Waals surface area contributed by atoms with Crippen molar-refractivity contribution in [3.05, 3.63) is 94.6 Å². The predicted octanol–water partition coefficient (Wildman–Crippen LogP) is 1.74. The summed E-state index contributed by atoms with van der Waals surface area (Å²) < 4.78 is 0. The zero-order valence-electron chi connectivity index (χ0n) is 14.7. The highest BCUT2D eigenvalue weighted by Crippen LogP contribution is 2.22. The summed E-state index contributed by atoms with van der Waals surface area (Å²) in [7, 11) is 0. The zero-order chi connectivity index (χ0) is 19.1. The predicted molar refractivity (Wildman–Crippen MR) is 98.0 cm³/mol. The topological polar surface area (TPSA) is 95.6 Å². The molecule has 2 aromatic heterocycles. The first-order chi connectivity index (χ1) is 13.7. The molecule has 0 N–H and O–H groups in total. The Morgan fingerprint density at radius 1 is 0.536 bits per heavy atom. The van der Waals surface area contributed by atoms with Gasteiger partial charge in [-0.3, -0.25) is 9.59 Å². The monoisotopic (exact) mass is 370 g/mol. The lowest BCUT2D eigenvalue weighted by molar-refractivity contribution is 0.0969. The summed E-state index contributed by atoms with van der Waals surface area (Å²) in [6.07, 6.45) is 0. The highest BCUT2D eigenvalue weighted by molar-refractivity contribution is 6.25. The SMILES string of the molecule is O=C1c2nn(Cc3ccccc3)nc2C(=O)c2nn(Cc3ccccc3)nc21. The highest BCUT2D eigenvalue weighted by Gasteiger charge is 2.38. The van der Waals surface area contributed by atoms with E-state index in [9.17, 15) is 9.59 Å². The molecule has 1 aliphatic carbocycles. The molecule has 0 aliphatic heterocycles. The molecule has 0 fully saturated rings. The summed E-state index contributed by atoms with van der Waals surface area (Å²) in [6, 6.07) is 19.2. The van der Waals surface area contributed by atoms with Crippen LogP contribution in [0.4, 0.5) is 0 Å². The van der Waals surface area contributed by atoms with E-state index < -0.39 is 11.6 Å². The van der Waals surface area contributed by atoms with Crippen LogP contribution in [0.2, 0.25) is 0 Å². The van der Waals surface area contributed by atoms with Crippen LogP contribution in [0.15, 0.2) is 60.7 Å². The average molecular weight is 370 g/mol. The van der Waals surface area contributed by atoms with E-state index in [-0.39, 0.29) is 22.8 Å². The molecular formula is C20H14N6O2. The van der Waals surface area contributed by atoms with Crippen LogP contribution in [0.1, 0.15) is 43.5 Å². The second-order valence-corrected chi connectivity index (χ2v) is 6.48. The fourth-order valence-electron chi connectivity index (χ4n) is 3.17. The standard InChI is InChI=1S/C20H14N6O2/c27-19-15-16(22-25(21-15)11-13-7-3-1-4-8-13)20(28)18-17(19)23-26(24-18)12-14-9-5-2-6-10-14/h1-10H,11-12H2. The summed E-state index contributed by atoms with van der Waals surface area (Å²) in [5.41, 5.74) is 2.05. The normalized spacial score (nSPS) is 12.7. The second-order valence-electron chi connectivity index (χ2n) is 6.48. The van der Waals surface area contributed by atoms with Gasteiger partial charge in [0.2, 0.25) is 11.6 Å². The van der Waals surface area contributed by atoms with Crippen LogP contribution in [0, 0.1) is 0 Å². The van der Waals surface area contributed by atoms with Crippen molar-refractivity contribution in [2.45, 2.75) is 13.1 Å². The summed E-state index contributed by atoms with van der Waals surface area (Å²) in [5, 5.41) is 16.9. The minimum atomic E-state index is -0.428. The van der Waals surface area contributed by atoms with Crippen molar-refractivity contribution in [2.75, 3.05) is 0 Å². The summed E-state index contributed by atoms with van der Waals surface area (Å²) >= 11 is 0. The number of hydrogen-bond donors (Lipinski definition) is 0. The van der Waals surface area contributed by atoms with Gasteiger partial charge in [-0.05, 0) is 11.1 Å². The molecule has 136 valence electrons. The number of carbonyl (C=O) groups excluding carboxylic acids is 2. The third kappa shape index (κ3) is 2.71. The number of benzene rings is 2. The molecule has 0 atom stereocenters. The van der Waals surface area contributed by atoms with E-state index in [1.165, 1.54) is 9.59 Å². The largest absolute Gasteiger partial charge is 0.285 e. The van der Waals surface area contributed by atoms with Gasteiger partial charge < -0.3 is 0 Å². The van der Waals surface area contributed by atoms with Crippen molar-refractivity contribution in [1.29, 1.82) is 0 Å². The first kappa shape index (κ1) is 16.2. The van der Waals surface area contributed by atoms with Crippen LogP contribution >= 0.6 is 0 Å². The molecule has 4 aromatic rings. The van der Waals surface area contributed by atoms with Crippen LogP contribution in [0.3, 0.4) is 0 Å². The van der Waals surface area contributed by atoms with Crippen molar-refractivity contribution in [3.63, 3.8) is 0 Å². The molecule has 0 saturated carbocycles. The van der Waals surface area contributed by atoms with E-state index in [2.05, 4.69) is 20.4 Å². The highest BCUT2D eigenvalue weighted by atomic mass is 16.1. The fourth-order valence-corrected chi connectivity index (χ4v) is 3.17. The van der Waals surface area contributed by atoms with Gasteiger partial charge in [0.15, 0.2) is 22.8 Å². The van der Waals surface area contributed by atoms with Gasteiger partial charge in [-0.2, -0.15) is 9.59 Å². The van der Waals surface area contributed by atoms with E-state index in [0.29, 0.717) is 13.1 Å². The number of nitrogens with zero attached hydrogens (tertiary/aromatic N) is 6. The molecule has 0 spiro atoms. The maximum absolute atomic E-state index is 12.8. The second kappa shape index (κ2) is 6.34. The van der Waals surface area contributed by atoms with E-state index in [1.807, 2.05) is 60.7 Å². The van der Waals surface area contributed by atoms with Gasteiger partial charge in [0, 0.05) is 0 Å². The van der Waals surface area contributed by atoms with Crippen LogP contribution < -0.4 is 0 Å². The van der Waals surface area contributed by atoms with Crippen molar-refractivity contribution in [3.8, 4) is 0 Å². The Hall–Kier alpha value is -3.94. The Labute approximate surface area is 159 Å². The van der Waals surface area contributed by atoms with E-state index >= 15 is 0 Å². The quantitative estimate of drug-likeness (QED) is 0.478. The molecule has 8 heteroatoms. The molecule has 0 saturated heterocycles. The minimum Gasteiger partial charge on any atom is -0.285 e. The molecule has 1 aliphatic rings. The summed E-state index contributed by atoms with van der Waals surface area (Å²) in [4.78, 5) is 28.3. The van der Waals surface area contributed by atoms with Gasteiger partial charge in [-0.15, -0.1) is 20.4 Å². The molecule has 2 aromatic carbocycles. The number of carbonyl (C=O) groups is 2. The maximum Gasteiger partial charge on any atom is 0.238 e. The zero-order valence-corrected chi connectivity index (χ0v) is 14.7. The minimum absolute atomic E-state index is 0.0280. The molecule has 8 nitrogen and oxygen atoms in total. The summed E-state index contributed by atoms with van der Waals surface area (Å²) in [6.45, 7) is 0.737. The van der Waals surface area contributed by atoms with Crippen LogP contribution in [-0.2, 0) is 13.1 Å². The average Bonchev–Trinajstić information content (AvgIpc) is 3.33. The Bertz CT molecular complexity index is 1050. The molecule has 0 amide bonds. The summed E-state index contributed by atoms with van der Waals surface area (Å²) in [5.74, 6) is -0.855. The Balaban J connectivity index is 1.46. The Morgan fingerprint density at radius 2 is 0.857 bits per heavy atom. The van der Waals surface area contributed by atoms with E-state index in [0.717, 1.165) is 11.1 Å². The lowest BCUT2D eigenvalue weighted by Gasteiger charge is -2.02. The first-order valence-corrected chi connectivity index (χ1v) is 8.76.